The van der Waals surface area contributed by atoms with Crippen molar-refractivity contribution in [2.75, 3.05) is 25.4 Å². The van der Waals surface area contributed by atoms with Crippen molar-refractivity contribution < 1.29 is 4.79 Å². The van der Waals surface area contributed by atoms with Gasteiger partial charge in [-0.1, -0.05) is 6.07 Å². The molecule has 1 aliphatic heterocycles. The highest BCUT2D eigenvalue weighted by Crippen LogP contribution is 2.23. The van der Waals surface area contributed by atoms with Gasteiger partial charge in [0.25, 0.3) is 5.91 Å². The van der Waals surface area contributed by atoms with Crippen molar-refractivity contribution >= 4 is 11.6 Å². The molecule has 1 amide bonds. The van der Waals surface area contributed by atoms with Gasteiger partial charge in [-0.15, -0.1) is 0 Å². The molecule has 0 spiro atoms. The molecule has 5 heteroatoms. The average molecular weight is 282 g/mol. The van der Waals surface area contributed by atoms with Crippen LogP contribution < -0.4 is 11.1 Å². The van der Waals surface area contributed by atoms with Gasteiger partial charge in [-0.25, -0.2) is 0 Å². The average Bonchev–Trinajstić information content (AvgIpc) is 2.56. The van der Waals surface area contributed by atoms with E-state index in [4.69, 9.17) is 5.73 Å². The number of hydrogen-bond acceptors (Lipinski definition) is 4. The Morgan fingerprint density at radius 2 is 2.10 bits per heavy atom. The topological polar surface area (TPSA) is 71.2 Å². The van der Waals surface area contributed by atoms with E-state index in [0.29, 0.717) is 17.8 Å². The van der Waals surface area contributed by atoms with Crippen molar-refractivity contribution in [1.82, 2.24) is 15.2 Å². The maximum Gasteiger partial charge on any atom is 0.254 e. The van der Waals surface area contributed by atoms with Crippen molar-refractivity contribution in [3.8, 4) is 0 Å². The van der Waals surface area contributed by atoms with E-state index in [2.05, 4.69) is 10.3 Å². The molecule has 1 saturated heterocycles. The van der Waals surface area contributed by atoms with Gasteiger partial charge in [0.2, 0.25) is 0 Å². The third kappa shape index (κ3) is 2.87. The zero-order valence-corrected chi connectivity index (χ0v) is 11.7. The quantitative estimate of drug-likeness (QED) is 0.818. The smallest absolute Gasteiger partial charge is 0.254 e. The predicted octanol–water partition coefficient (Wildman–Crippen LogP) is 1.45. The molecule has 1 aromatic carbocycles. The SMILES string of the molecule is Nc1ccc(C(=O)N2CCNCC2c2cccnc2)cc1. The number of carbonyl (C=O) groups is 1. The fourth-order valence-electron chi connectivity index (χ4n) is 2.61. The van der Waals surface area contributed by atoms with Gasteiger partial charge in [0, 0.05) is 43.3 Å². The number of anilines is 1. The highest BCUT2D eigenvalue weighted by Gasteiger charge is 2.28. The van der Waals surface area contributed by atoms with Crippen LogP contribution in [0.4, 0.5) is 5.69 Å². The number of hydrogen-bond donors (Lipinski definition) is 2. The Hall–Kier alpha value is -2.40. The third-order valence-corrected chi connectivity index (χ3v) is 3.73. The monoisotopic (exact) mass is 282 g/mol. The van der Waals surface area contributed by atoms with Crippen LogP contribution in [0.3, 0.4) is 0 Å². The maximum absolute atomic E-state index is 12.7. The molecule has 0 radical (unpaired) electrons. The Labute approximate surface area is 123 Å². The Balaban J connectivity index is 1.87. The second-order valence-electron chi connectivity index (χ2n) is 5.13. The van der Waals surface area contributed by atoms with E-state index < -0.39 is 0 Å². The number of piperazine rings is 1. The summed E-state index contributed by atoms with van der Waals surface area (Å²) in [4.78, 5) is 18.8. The Kier molecular flexibility index (Phi) is 3.83. The van der Waals surface area contributed by atoms with Crippen LogP contribution in [0.5, 0.6) is 0 Å². The minimum absolute atomic E-state index is 0.0116. The predicted molar refractivity (Wildman–Crippen MR) is 81.7 cm³/mol. The second-order valence-corrected chi connectivity index (χ2v) is 5.13. The molecule has 2 aromatic rings. The van der Waals surface area contributed by atoms with Gasteiger partial charge in [-0.05, 0) is 35.9 Å². The number of nitrogens with one attached hydrogen (secondary N) is 1. The summed E-state index contributed by atoms with van der Waals surface area (Å²) in [5.74, 6) is 0.0327. The van der Waals surface area contributed by atoms with E-state index in [0.717, 1.165) is 18.7 Å². The molecule has 1 aromatic heterocycles. The summed E-state index contributed by atoms with van der Waals surface area (Å²) in [7, 11) is 0. The summed E-state index contributed by atoms with van der Waals surface area (Å²) in [6.45, 7) is 2.23. The molecule has 1 unspecified atom stereocenters. The van der Waals surface area contributed by atoms with Gasteiger partial charge in [0.05, 0.1) is 6.04 Å². The normalized spacial score (nSPS) is 18.5. The van der Waals surface area contributed by atoms with E-state index in [1.165, 1.54) is 0 Å². The zero-order chi connectivity index (χ0) is 14.7. The van der Waals surface area contributed by atoms with Crippen molar-refractivity contribution in [1.29, 1.82) is 0 Å². The molecule has 3 rings (SSSR count). The van der Waals surface area contributed by atoms with Crippen LogP contribution in [0.25, 0.3) is 0 Å². The van der Waals surface area contributed by atoms with Crippen molar-refractivity contribution in [3.05, 3.63) is 59.9 Å². The molecular weight excluding hydrogens is 264 g/mol. The number of nitrogens with two attached hydrogens (primary N) is 1. The van der Waals surface area contributed by atoms with Gasteiger partial charge in [0.1, 0.15) is 0 Å². The summed E-state index contributed by atoms with van der Waals surface area (Å²) in [6, 6.07) is 11.0. The maximum atomic E-state index is 12.7. The molecule has 5 nitrogen and oxygen atoms in total. The first-order valence-corrected chi connectivity index (χ1v) is 7.03. The lowest BCUT2D eigenvalue weighted by molar-refractivity contribution is 0.0634. The van der Waals surface area contributed by atoms with Crippen molar-refractivity contribution in [2.24, 2.45) is 0 Å². The fraction of sp³-hybridized carbons (Fsp3) is 0.250. The van der Waals surface area contributed by atoms with E-state index in [-0.39, 0.29) is 11.9 Å². The fourth-order valence-corrected chi connectivity index (χ4v) is 2.61. The first-order chi connectivity index (χ1) is 10.3. The van der Waals surface area contributed by atoms with E-state index in [1.54, 1.807) is 30.5 Å². The molecule has 1 atom stereocenters. The second kappa shape index (κ2) is 5.93. The molecular formula is C16H18N4O. The van der Waals surface area contributed by atoms with Crippen LogP contribution >= 0.6 is 0 Å². The molecule has 0 saturated carbocycles. The Morgan fingerprint density at radius 3 is 2.81 bits per heavy atom. The van der Waals surface area contributed by atoms with Crippen LogP contribution in [-0.4, -0.2) is 35.4 Å². The van der Waals surface area contributed by atoms with Gasteiger partial charge in [-0.3, -0.25) is 9.78 Å². The third-order valence-electron chi connectivity index (χ3n) is 3.73. The van der Waals surface area contributed by atoms with Gasteiger partial charge in [-0.2, -0.15) is 0 Å². The lowest BCUT2D eigenvalue weighted by Crippen LogP contribution is -2.48. The summed E-state index contributed by atoms with van der Waals surface area (Å²) in [6.07, 6.45) is 3.56. The van der Waals surface area contributed by atoms with Crippen LogP contribution in [0, 0.1) is 0 Å². The van der Waals surface area contributed by atoms with E-state index in [9.17, 15) is 4.79 Å². The van der Waals surface area contributed by atoms with Gasteiger partial charge >= 0.3 is 0 Å². The zero-order valence-electron chi connectivity index (χ0n) is 11.7. The number of amides is 1. The molecule has 1 aliphatic rings. The number of carbonyl (C=O) groups excluding carboxylic acids is 1. The molecule has 0 aliphatic carbocycles. The highest BCUT2D eigenvalue weighted by molar-refractivity contribution is 5.94. The van der Waals surface area contributed by atoms with Crippen LogP contribution in [0.1, 0.15) is 22.0 Å². The number of nitrogens with zero attached hydrogens (tertiary/aromatic N) is 2. The summed E-state index contributed by atoms with van der Waals surface area (Å²) < 4.78 is 0. The van der Waals surface area contributed by atoms with E-state index in [1.807, 2.05) is 23.2 Å². The minimum atomic E-state index is 0.0116. The molecule has 3 N–H and O–H groups in total. The molecule has 1 fully saturated rings. The standard InChI is InChI=1S/C16H18N4O/c17-14-5-3-12(4-6-14)16(21)20-9-8-19-11-15(20)13-2-1-7-18-10-13/h1-7,10,15,19H,8-9,11,17H2. The summed E-state index contributed by atoms with van der Waals surface area (Å²) >= 11 is 0. The lowest BCUT2D eigenvalue weighted by atomic mass is 10.0. The lowest BCUT2D eigenvalue weighted by Gasteiger charge is -2.36. The number of rotatable bonds is 2. The number of nitrogen functional groups attached to an aromatic ring is 1. The van der Waals surface area contributed by atoms with Gasteiger partial charge < -0.3 is 16.0 Å². The van der Waals surface area contributed by atoms with Crippen LogP contribution in [-0.2, 0) is 0 Å². The first-order valence-electron chi connectivity index (χ1n) is 7.03. The number of pyridine rings is 1. The van der Waals surface area contributed by atoms with Crippen LogP contribution in [0.15, 0.2) is 48.8 Å². The highest BCUT2D eigenvalue weighted by atomic mass is 16.2. The minimum Gasteiger partial charge on any atom is -0.399 e. The number of benzene rings is 1. The first kappa shape index (κ1) is 13.6. The Bertz CT molecular complexity index is 612. The molecule has 2 heterocycles. The number of aromatic nitrogens is 1. The summed E-state index contributed by atoms with van der Waals surface area (Å²) in [5.41, 5.74) is 8.06. The molecule has 108 valence electrons. The summed E-state index contributed by atoms with van der Waals surface area (Å²) in [5, 5.41) is 3.34. The Morgan fingerprint density at radius 1 is 1.29 bits per heavy atom. The molecule has 0 bridgehead atoms. The largest absolute Gasteiger partial charge is 0.399 e. The van der Waals surface area contributed by atoms with Gasteiger partial charge in [0.15, 0.2) is 0 Å². The van der Waals surface area contributed by atoms with Crippen molar-refractivity contribution in [2.45, 2.75) is 6.04 Å². The van der Waals surface area contributed by atoms with Crippen molar-refractivity contribution in [3.63, 3.8) is 0 Å². The van der Waals surface area contributed by atoms with Crippen LogP contribution in [0.2, 0.25) is 0 Å². The molecule has 21 heavy (non-hydrogen) atoms. The van der Waals surface area contributed by atoms with E-state index >= 15 is 0 Å².